The molecule has 6 heteroatoms. The van der Waals surface area contributed by atoms with Crippen LogP contribution in [0.5, 0.6) is 0 Å². The lowest BCUT2D eigenvalue weighted by Gasteiger charge is -2.17. The van der Waals surface area contributed by atoms with E-state index in [-0.39, 0.29) is 11.9 Å². The third kappa shape index (κ3) is 3.26. The Morgan fingerprint density at radius 1 is 1.12 bits per heavy atom. The summed E-state index contributed by atoms with van der Waals surface area (Å²) in [5.41, 5.74) is 2.86. The molecule has 0 bridgehead atoms. The van der Waals surface area contributed by atoms with E-state index in [4.69, 9.17) is 0 Å². The molecule has 0 aliphatic heterocycles. The van der Waals surface area contributed by atoms with Crippen LogP contribution < -0.4 is 5.32 Å². The topological polar surface area (TPSA) is 55.1 Å². The molecule has 0 radical (unpaired) electrons. The fourth-order valence-corrected chi connectivity index (χ4v) is 3.00. The number of nitrogens with zero attached hydrogens (tertiary/aromatic N) is 4. The van der Waals surface area contributed by atoms with E-state index in [1.165, 1.54) is 6.07 Å². The molecule has 0 fully saturated rings. The van der Waals surface area contributed by atoms with Crippen LogP contribution in [-0.2, 0) is 6.42 Å². The second-order valence-electron chi connectivity index (χ2n) is 6.22. The van der Waals surface area contributed by atoms with Crippen molar-refractivity contribution in [3.8, 4) is 11.3 Å². The molecule has 4 rings (SSSR count). The summed E-state index contributed by atoms with van der Waals surface area (Å²) in [4.78, 5) is 8.68. The highest BCUT2D eigenvalue weighted by Gasteiger charge is 2.13. The maximum absolute atomic E-state index is 14.2. The van der Waals surface area contributed by atoms with Gasteiger partial charge in [0.15, 0.2) is 5.65 Å². The fraction of sp³-hybridized carbons (Fsp3) is 0.150. The largest absolute Gasteiger partial charge is 0.367 e. The van der Waals surface area contributed by atoms with Gasteiger partial charge in [-0.05, 0) is 37.1 Å². The molecule has 1 N–H and O–H groups in total. The molecule has 0 spiro atoms. The molecule has 5 nitrogen and oxygen atoms in total. The molecule has 3 heterocycles. The molecule has 0 amide bonds. The first-order valence-corrected chi connectivity index (χ1v) is 8.46. The number of pyridine rings is 1. The number of hydrogen-bond acceptors (Lipinski definition) is 4. The number of halogens is 1. The number of nitrogens with one attached hydrogen (secondary N) is 1. The van der Waals surface area contributed by atoms with Crippen LogP contribution in [0.1, 0.15) is 12.5 Å². The molecular weight excluding hydrogens is 329 g/mol. The van der Waals surface area contributed by atoms with Crippen molar-refractivity contribution in [3.05, 3.63) is 78.5 Å². The van der Waals surface area contributed by atoms with Crippen LogP contribution in [0.25, 0.3) is 16.9 Å². The fourth-order valence-electron chi connectivity index (χ4n) is 3.00. The van der Waals surface area contributed by atoms with Crippen molar-refractivity contribution in [2.45, 2.75) is 19.4 Å². The first-order chi connectivity index (χ1) is 12.7. The molecule has 1 atom stereocenters. The van der Waals surface area contributed by atoms with Crippen molar-refractivity contribution < 1.29 is 4.39 Å². The summed E-state index contributed by atoms with van der Waals surface area (Å²) in [5.74, 6) is 0.480. The lowest BCUT2D eigenvalue weighted by Crippen LogP contribution is -2.20. The molecule has 1 unspecified atom stereocenters. The Morgan fingerprint density at radius 3 is 2.81 bits per heavy atom. The molecule has 0 saturated heterocycles. The van der Waals surface area contributed by atoms with Gasteiger partial charge in [0.25, 0.3) is 0 Å². The zero-order valence-electron chi connectivity index (χ0n) is 14.3. The summed E-state index contributed by atoms with van der Waals surface area (Å²) in [5, 5.41) is 7.78. The second-order valence-corrected chi connectivity index (χ2v) is 6.22. The first kappa shape index (κ1) is 16.2. The molecule has 0 aliphatic carbocycles. The van der Waals surface area contributed by atoms with Crippen LogP contribution >= 0.6 is 0 Å². The first-order valence-electron chi connectivity index (χ1n) is 8.46. The van der Waals surface area contributed by atoms with Gasteiger partial charge in [-0.2, -0.15) is 9.61 Å². The van der Waals surface area contributed by atoms with Gasteiger partial charge >= 0.3 is 0 Å². The Labute approximate surface area is 150 Å². The van der Waals surface area contributed by atoms with Crippen LogP contribution in [0.2, 0.25) is 0 Å². The third-order valence-electron chi connectivity index (χ3n) is 4.17. The van der Waals surface area contributed by atoms with Crippen LogP contribution in [0.4, 0.5) is 10.2 Å². The standard InChI is InChI=1S/C20H18FN5/c1-14(11-15-5-4-9-22-13-15)24-20-12-18(16-6-2-3-7-17(16)21)25-19-8-10-23-26(19)20/h2-10,12-14,24H,11H2,1H3. The smallest absolute Gasteiger partial charge is 0.157 e. The molecule has 3 aromatic heterocycles. The van der Waals surface area contributed by atoms with E-state index in [1.54, 1.807) is 41.2 Å². The van der Waals surface area contributed by atoms with Crippen LogP contribution in [0, 0.1) is 5.82 Å². The highest BCUT2D eigenvalue weighted by Crippen LogP contribution is 2.25. The maximum atomic E-state index is 14.2. The number of benzene rings is 1. The predicted octanol–water partition coefficient (Wildman–Crippen LogP) is 3.97. The van der Waals surface area contributed by atoms with Crippen LogP contribution in [-0.4, -0.2) is 25.6 Å². The average Bonchev–Trinajstić information content (AvgIpc) is 3.12. The Hall–Kier alpha value is -3.28. The van der Waals surface area contributed by atoms with Gasteiger partial charge in [0.2, 0.25) is 0 Å². The Balaban J connectivity index is 1.68. The van der Waals surface area contributed by atoms with E-state index in [0.717, 1.165) is 17.8 Å². The predicted molar refractivity (Wildman–Crippen MR) is 99.4 cm³/mol. The average molecular weight is 347 g/mol. The van der Waals surface area contributed by atoms with Crippen molar-refractivity contribution in [1.82, 2.24) is 19.6 Å². The summed E-state index contributed by atoms with van der Waals surface area (Å²) in [6, 6.07) is 14.4. The van der Waals surface area contributed by atoms with Crippen molar-refractivity contribution in [2.24, 2.45) is 0 Å². The SMILES string of the molecule is CC(Cc1cccnc1)Nc1cc(-c2ccccc2F)nc2ccnn12. The monoisotopic (exact) mass is 347 g/mol. The zero-order chi connectivity index (χ0) is 17.9. The highest BCUT2D eigenvalue weighted by atomic mass is 19.1. The third-order valence-corrected chi connectivity index (χ3v) is 4.17. The van der Waals surface area contributed by atoms with E-state index in [9.17, 15) is 4.39 Å². The Morgan fingerprint density at radius 2 is 2.00 bits per heavy atom. The highest BCUT2D eigenvalue weighted by molar-refractivity contribution is 5.67. The normalized spacial score (nSPS) is 12.2. The van der Waals surface area contributed by atoms with E-state index in [1.807, 2.05) is 24.4 Å². The lowest BCUT2D eigenvalue weighted by atomic mass is 10.1. The van der Waals surface area contributed by atoms with Crippen molar-refractivity contribution in [2.75, 3.05) is 5.32 Å². The van der Waals surface area contributed by atoms with Crippen LogP contribution in [0.15, 0.2) is 67.1 Å². The quantitative estimate of drug-likeness (QED) is 0.593. The number of fused-ring (bicyclic) bond motifs is 1. The lowest BCUT2D eigenvalue weighted by molar-refractivity contribution is 0.630. The van der Waals surface area contributed by atoms with E-state index in [2.05, 4.69) is 27.3 Å². The van der Waals surface area contributed by atoms with Gasteiger partial charge in [0, 0.05) is 36.1 Å². The molecule has 130 valence electrons. The summed E-state index contributed by atoms with van der Waals surface area (Å²) in [7, 11) is 0. The summed E-state index contributed by atoms with van der Waals surface area (Å²) in [6.07, 6.45) is 6.12. The molecule has 0 aliphatic rings. The number of rotatable bonds is 5. The van der Waals surface area contributed by atoms with Gasteiger partial charge in [-0.3, -0.25) is 4.98 Å². The molecule has 0 saturated carbocycles. The van der Waals surface area contributed by atoms with Crippen molar-refractivity contribution >= 4 is 11.5 Å². The molecule has 4 aromatic rings. The molecular formula is C20H18FN5. The summed E-state index contributed by atoms with van der Waals surface area (Å²) >= 11 is 0. The Bertz CT molecular complexity index is 1030. The van der Waals surface area contributed by atoms with E-state index >= 15 is 0 Å². The minimum Gasteiger partial charge on any atom is -0.367 e. The van der Waals surface area contributed by atoms with Gasteiger partial charge in [-0.1, -0.05) is 18.2 Å². The maximum Gasteiger partial charge on any atom is 0.157 e. The van der Waals surface area contributed by atoms with E-state index < -0.39 is 0 Å². The second kappa shape index (κ2) is 6.92. The van der Waals surface area contributed by atoms with E-state index in [0.29, 0.717) is 16.9 Å². The number of aromatic nitrogens is 4. The van der Waals surface area contributed by atoms with Crippen molar-refractivity contribution in [3.63, 3.8) is 0 Å². The van der Waals surface area contributed by atoms with Gasteiger partial charge in [-0.25, -0.2) is 9.37 Å². The van der Waals surface area contributed by atoms with Crippen molar-refractivity contribution in [1.29, 1.82) is 0 Å². The zero-order valence-corrected chi connectivity index (χ0v) is 14.3. The minimum absolute atomic E-state index is 0.141. The van der Waals surface area contributed by atoms with Gasteiger partial charge in [0.1, 0.15) is 11.6 Å². The molecule has 1 aromatic carbocycles. The van der Waals surface area contributed by atoms with Gasteiger partial charge in [-0.15, -0.1) is 0 Å². The number of hydrogen-bond donors (Lipinski definition) is 1. The van der Waals surface area contributed by atoms with Gasteiger partial charge in [0.05, 0.1) is 11.9 Å². The summed E-state index contributed by atoms with van der Waals surface area (Å²) in [6.45, 7) is 2.09. The minimum atomic E-state index is -0.293. The van der Waals surface area contributed by atoms with Gasteiger partial charge < -0.3 is 5.32 Å². The molecule has 26 heavy (non-hydrogen) atoms. The summed E-state index contributed by atoms with van der Waals surface area (Å²) < 4.78 is 15.9. The number of anilines is 1. The van der Waals surface area contributed by atoms with Crippen LogP contribution in [0.3, 0.4) is 0 Å². The Kier molecular flexibility index (Phi) is 4.31.